The fraction of sp³-hybridized carbons (Fsp3) is 0.294. The largest absolute Gasteiger partial charge is 0.435 e. The van der Waals surface area contributed by atoms with Crippen LogP contribution >= 0.6 is 0 Å². The minimum atomic E-state index is -2.86. The number of ether oxygens (including phenoxy) is 1. The highest BCUT2D eigenvalue weighted by Crippen LogP contribution is 2.17. The van der Waals surface area contributed by atoms with Crippen molar-refractivity contribution in [2.24, 2.45) is 0 Å². The molecule has 0 atom stereocenters. The molecule has 2 aromatic rings. The molecular weight excluding hydrogens is 302 g/mol. The van der Waals surface area contributed by atoms with Gasteiger partial charge in [-0.15, -0.1) is 0 Å². The zero-order valence-corrected chi connectivity index (χ0v) is 13.1. The van der Waals surface area contributed by atoms with Crippen LogP contribution in [0.15, 0.2) is 42.6 Å². The highest BCUT2D eigenvalue weighted by atomic mass is 19.3. The molecule has 0 saturated carbocycles. The van der Waals surface area contributed by atoms with Crippen LogP contribution in [-0.4, -0.2) is 12.5 Å². The van der Waals surface area contributed by atoms with Gasteiger partial charge in [-0.1, -0.05) is 6.92 Å². The molecule has 6 heteroatoms. The Balaban J connectivity index is 1.99. The van der Waals surface area contributed by atoms with E-state index in [2.05, 4.69) is 17.0 Å². The monoisotopic (exact) mass is 321 g/mol. The first-order valence-corrected chi connectivity index (χ1v) is 7.31. The van der Waals surface area contributed by atoms with Crippen LogP contribution in [-0.2, 0) is 17.8 Å². The highest BCUT2D eigenvalue weighted by molar-refractivity contribution is 5.89. The van der Waals surface area contributed by atoms with E-state index in [1.54, 1.807) is 0 Å². The van der Waals surface area contributed by atoms with Crippen LogP contribution in [0.25, 0.3) is 0 Å². The van der Waals surface area contributed by atoms with Crippen molar-refractivity contribution in [3.05, 3.63) is 53.9 Å². The van der Waals surface area contributed by atoms with Crippen LogP contribution in [0.5, 0.6) is 5.75 Å². The number of aromatic nitrogens is 1. The number of rotatable bonds is 6. The Kier molecular flexibility index (Phi) is 5.62. The van der Waals surface area contributed by atoms with Gasteiger partial charge in [0, 0.05) is 24.2 Å². The first kappa shape index (κ1) is 16.9. The maximum atomic E-state index is 12.1. The summed E-state index contributed by atoms with van der Waals surface area (Å²) in [6, 6.07) is 9.83. The molecule has 0 aliphatic rings. The summed E-state index contributed by atoms with van der Waals surface area (Å²) < 4.78 is 30.3. The lowest BCUT2D eigenvalue weighted by molar-refractivity contribution is -0.690. The minimum absolute atomic E-state index is 0.0545. The first-order chi connectivity index (χ1) is 11.0. The SMILES string of the molecule is CCc1ccc(C)[n+](CC(=O)Nc2ccc(OC(F)F)cc2)c1. The Morgan fingerprint density at radius 3 is 2.52 bits per heavy atom. The van der Waals surface area contributed by atoms with E-state index in [-0.39, 0.29) is 18.2 Å². The molecule has 23 heavy (non-hydrogen) atoms. The first-order valence-electron chi connectivity index (χ1n) is 7.31. The maximum absolute atomic E-state index is 12.1. The second-order valence-corrected chi connectivity index (χ2v) is 5.11. The molecule has 0 saturated heterocycles. The van der Waals surface area contributed by atoms with Crippen LogP contribution in [0.2, 0.25) is 0 Å². The maximum Gasteiger partial charge on any atom is 0.387 e. The fourth-order valence-electron chi connectivity index (χ4n) is 2.12. The molecule has 0 radical (unpaired) electrons. The van der Waals surface area contributed by atoms with Gasteiger partial charge in [0.25, 0.3) is 5.91 Å². The molecule has 2 rings (SSSR count). The summed E-state index contributed by atoms with van der Waals surface area (Å²) in [5, 5.41) is 2.73. The zero-order valence-electron chi connectivity index (χ0n) is 13.1. The number of hydrogen-bond acceptors (Lipinski definition) is 2. The van der Waals surface area contributed by atoms with E-state index in [0.29, 0.717) is 5.69 Å². The van der Waals surface area contributed by atoms with Gasteiger partial charge >= 0.3 is 6.61 Å². The van der Waals surface area contributed by atoms with Gasteiger partial charge in [-0.2, -0.15) is 13.3 Å². The molecular formula is C17H19F2N2O2+. The standard InChI is InChI=1S/C17H18F2N2O2/c1-3-13-5-4-12(2)21(10-13)11-16(22)20-14-6-8-15(9-7-14)23-17(18)19/h4-10,17H,3,11H2,1-2H3/p+1. The third kappa shape index (κ3) is 5.02. The summed E-state index contributed by atoms with van der Waals surface area (Å²) >= 11 is 0. The fourth-order valence-corrected chi connectivity index (χ4v) is 2.12. The number of carbonyl (C=O) groups excluding carboxylic acids is 1. The molecule has 1 N–H and O–H groups in total. The Bertz CT molecular complexity index is 673. The summed E-state index contributed by atoms with van der Waals surface area (Å²) in [5.74, 6) is -0.132. The van der Waals surface area contributed by atoms with Gasteiger partial charge in [0.2, 0.25) is 6.54 Å². The van der Waals surface area contributed by atoms with Crippen molar-refractivity contribution in [2.45, 2.75) is 33.4 Å². The number of anilines is 1. The van der Waals surface area contributed by atoms with E-state index >= 15 is 0 Å². The lowest BCUT2D eigenvalue weighted by atomic mass is 10.2. The quantitative estimate of drug-likeness (QED) is 0.831. The summed E-state index contributed by atoms with van der Waals surface area (Å²) in [6.45, 7) is 1.32. The topological polar surface area (TPSA) is 42.2 Å². The number of nitrogens with one attached hydrogen (secondary N) is 1. The predicted molar refractivity (Wildman–Crippen MR) is 82.5 cm³/mol. The van der Waals surface area contributed by atoms with Crippen molar-refractivity contribution < 1.29 is 22.9 Å². The molecule has 4 nitrogen and oxygen atoms in total. The van der Waals surface area contributed by atoms with Gasteiger partial charge in [-0.05, 0) is 36.8 Å². The lowest BCUT2D eigenvalue weighted by Crippen LogP contribution is -2.43. The number of nitrogens with zero attached hydrogens (tertiary/aromatic N) is 1. The van der Waals surface area contributed by atoms with Crippen molar-refractivity contribution >= 4 is 11.6 Å². The van der Waals surface area contributed by atoms with E-state index < -0.39 is 6.61 Å². The molecule has 0 unspecified atom stereocenters. The van der Waals surface area contributed by atoms with E-state index in [1.807, 2.05) is 29.8 Å². The third-order valence-electron chi connectivity index (χ3n) is 3.40. The molecule has 0 aliphatic heterocycles. The predicted octanol–water partition coefficient (Wildman–Crippen LogP) is 3.09. The summed E-state index contributed by atoms with van der Waals surface area (Å²) in [7, 11) is 0. The van der Waals surface area contributed by atoms with E-state index in [1.165, 1.54) is 24.3 Å². The Hall–Kier alpha value is -2.50. The molecule has 1 aromatic carbocycles. The van der Waals surface area contributed by atoms with E-state index in [0.717, 1.165) is 17.7 Å². The van der Waals surface area contributed by atoms with Crippen LogP contribution in [0.3, 0.4) is 0 Å². The van der Waals surface area contributed by atoms with Crippen LogP contribution < -0.4 is 14.6 Å². The molecule has 1 aromatic heterocycles. The Morgan fingerprint density at radius 2 is 1.91 bits per heavy atom. The Morgan fingerprint density at radius 1 is 1.22 bits per heavy atom. The van der Waals surface area contributed by atoms with E-state index in [9.17, 15) is 13.6 Å². The average Bonchev–Trinajstić information content (AvgIpc) is 2.51. The Labute approximate surface area is 133 Å². The van der Waals surface area contributed by atoms with Gasteiger partial charge < -0.3 is 10.1 Å². The van der Waals surface area contributed by atoms with Gasteiger partial charge in [0.1, 0.15) is 5.75 Å². The van der Waals surface area contributed by atoms with Crippen molar-refractivity contribution in [1.29, 1.82) is 0 Å². The molecule has 0 bridgehead atoms. The molecule has 0 fully saturated rings. The second kappa shape index (κ2) is 7.67. The molecule has 0 spiro atoms. The number of alkyl halides is 2. The van der Waals surface area contributed by atoms with Gasteiger partial charge in [-0.25, -0.2) is 0 Å². The number of aryl methyl sites for hydroxylation is 2. The minimum Gasteiger partial charge on any atom is -0.435 e. The normalized spacial score (nSPS) is 10.7. The lowest BCUT2D eigenvalue weighted by Gasteiger charge is -2.07. The molecule has 1 heterocycles. The van der Waals surface area contributed by atoms with Crippen molar-refractivity contribution in [3.63, 3.8) is 0 Å². The highest BCUT2D eigenvalue weighted by Gasteiger charge is 2.13. The van der Waals surface area contributed by atoms with Crippen LogP contribution in [0, 0.1) is 6.92 Å². The average molecular weight is 321 g/mol. The van der Waals surface area contributed by atoms with E-state index in [4.69, 9.17) is 0 Å². The second-order valence-electron chi connectivity index (χ2n) is 5.11. The number of pyridine rings is 1. The number of halogens is 2. The van der Waals surface area contributed by atoms with Crippen LogP contribution in [0.1, 0.15) is 18.2 Å². The van der Waals surface area contributed by atoms with Gasteiger partial charge in [-0.3, -0.25) is 4.79 Å². The van der Waals surface area contributed by atoms with Gasteiger partial charge in [0.15, 0.2) is 11.9 Å². The number of hydrogen-bond donors (Lipinski definition) is 1. The summed E-state index contributed by atoms with van der Waals surface area (Å²) in [6.07, 6.45) is 2.85. The molecule has 122 valence electrons. The smallest absolute Gasteiger partial charge is 0.387 e. The van der Waals surface area contributed by atoms with Crippen LogP contribution in [0.4, 0.5) is 14.5 Å². The molecule has 0 aliphatic carbocycles. The van der Waals surface area contributed by atoms with Crippen molar-refractivity contribution in [2.75, 3.05) is 5.32 Å². The van der Waals surface area contributed by atoms with Crippen molar-refractivity contribution in [1.82, 2.24) is 0 Å². The molecule has 1 amide bonds. The van der Waals surface area contributed by atoms with Gasteiger partial charge in [0.05, 0.1) is 0 Å². The number of benzene rings is 1. The zero-order chi connectivity index (χ0) is 16.8. The summed E-state index contributed by atoms with van der Waals surface area (Å²) in [5.41, 5.74) is 2.66. The number of amides is 1. The number of carbonyl (C=O) groups is 1. The van der Waals surface area contributed by atoms with Crippen molar-refractivity contribution in [3.8, 4) is 5.75 Å². The summed E-state index contributed by atoms with van der Waals surface area (Å²) in [4.78, 5) is 12.1. The third-order valence-corrected chi connectivity index (χ3v) is 3.40.